The van der Waals surface area contributed by atoms with E-state index in [2.05, 4.69) is 163 Å². The molecule has 0 N–H and O–H groups in total. The van der Waals surface area contributed by atoms with Gasteiger partial charge < -0.3 is 9.32 Å². The molecule has 0 radical (unpaired) electrons. The van der Waals surface area contributed by atoms with Crippen LogP contribution in [0.2, 0.25) is 0 Å². The van der Waals surface area contributed by atoms with Crippen LogP contribution < -0.4 is 4.90 Å². The molecule has 2 aliphatic carbocycles. The lowest BCUT2D eigenvalue weighted by atomic mass is 9.75. The largest absolute Gasteiger partial charge is 0.456 e. The van der Waals surface area contributed by atoms with Gasteiger partial charge in [0.05, 0.1) is 11.1 Å². The Labute approximate surface area is 274 Å². The summed E-state index contributed by atoms with van der Waals surface area (Å²) in [5.74, 6) is 0. The average molecular weight is 602 g/mol. The summed E-state index contributed by atoms with van der Waals surface area (Å²) in [5.41, 5.74) is 16.0. The van der Waals surface area contributed by atoms with E-state index in [1.807, 2.05) is 6.07 Å². The number of benzene rings is 7. The van der Waals surface area contributed by atoms with Gasteiger partial charge in [-0.25, -0.2) is 0 Å². The number of hydrogen-bond donors (Lipinski definition) is 0. The zero-order chi connectivity index (χ0) is 31.0. The second kappa shape index (κ2) is 10.1. The van der Waals surface area contributed by atoms with Crippen LogP contribution in [0.15, 0.2) is 168 Å². The van der Waals surface area contributed by atoms with Crippen LogP contribution in [0.4, 0.5) is 17.1 Å². The van der Waals surface area contributed by atoms with E-state index in [1.54, 1.807) is 0 Å². The van der Waals surface area contributed by atoms with Gasteiger partial charge in [-0.3, -0.25) is 0 Å². The molecule has 0 saturated heterocycles. The molecule has 0 amide bonds. The molecular weight excluding hydrogens is 571 g/mol. The third-order valence-corrected chi connectivity index (χ3v) is 10.5. The van der Waals surface area contributed by atoms with E-state index >= 15 is 0 Å². The van der Waals surface area contributed by atoms with Crippen molar-refractivity contribution >= 4 is 39.0 Å². The van der Waals surface area contributed by atoms with Crippen molar-refractivity contribution in [3.63, 3.8) is 0 Å². The van der Waals surface area contributed by atoms with Gasteiger partial charge in [0.25, 0.3) is 0 Å². The maximum atomic E-state index is 6.39. The normalized spacial score (nSPS) is 14.0. The summed E-state index contributed by atoms with van der Waals surface area (Å²) in [6.45, 7) is 0. The molecule has 1 aromatic heterocycles. The highest BCUT2D eigenvalue weighted by Crippen LogP contribution is 2.56. The standard InChI is InChI=1S/C45H31NO/c1-2-11-30(12-3-1)31-21-23-34(24-22-31)46(41-18-10-20-43-44(41)38-16-7-9-19-42(38)47-43)35-25-26-37-36-15-6-8-17-39(36)45(40(37)27-35)28-32-13-4-5-14-33(32)29-45/h1-27H,28-29H2. The lowest BCUT2D eigenvalue weighted by molar-refractivity contribution is 0.563. The summed E-state index contributed by atoms with van der Waals surface area (Å²) in [6.07, 6.45) is 2.04. The molecule has 0 fully saturated rings. The Morgan fingerprint density at radius 2 is 1.11 bits per heavy atom. The molecule has 0 atom stereocenters. The van der Waals surface area contributed by atoms with Crippen LogP contribution in [-0.4, -0.2) is 0 Å². The van der Waals surface area contributed by atoms with Crippen molar-refractivity contribution in [2.24, 2.45) is 0 Å². The van der Waals surface area contributed by atoms with E-state index < -0.39 is 0 Å². The first kappa shape index (κ1) is 26.4. The lowest BCUT2D eigenvalue weighted by Crippen LogP contribution is -2.26. The molecule has 2 nitrogen and oxygen atoms in total. The summed E-state index contributed by atoms with van der Waals surface area (Å²) in [4.78, 5) is 2.43. The summed E-state index contributed by atoms with van der Waals surface area (Å²) < 4.78 is 6.39. The van der Waals surface area contributed by atoms with Crippen molar-refractivity contribution in [2.75, 3.05) is 4.90 Å². The molecule has 0 aliphatic heterocycles. The van der Waals surface area contributed by atoms with E-state index in [0.29, 0.717) is 0 Å². The topological polar surface area (TPSA) is 16.4 Å². The fraction of sp³-hybridized carbons (Fsp3) is 0.0667. The highest BCUT2D eigenvalue weighted by Gasteiger charge is 2.47. The molecule has 2 aliphatic rings. The molecule has 0 unspecified atom stereocenters. The highest BCUT2D eigenvalue weighted by molar-refractivity contribution is 6.13. The van der Waals surface area contributed by atoms with Crippen molar-refractivity contribution in [3.8, 4) is 22.3 Å². The van der Waals surface area contributed by atoms with Crippen LogP contribution in [-0.2, 0) is 18.3 Å². The Morgan fingerprint density at radius 3 is 1.94 bits per heavy atom. The Bertz CT molecular complexity index is 2440. The number of anilines is 3. The maximum Gasteiger partial charge on any atom is 0.137 e. The van der Waals surface area contributed by atoms with Crippen LogP contribution in [0.3, 0.4) is 0 Å². The lowest BCUT2D eigenvalue weighted by Gasteiger charge is -2.30. The zero-order valence-corrected chi connectivity index (χ0v) is 25.9. The second-order valence-corrected chi connectivity index (χ2v) is 13.0. The molecule has 1 spiro atoms. The van der Waals surface area contributed by atoms with Crippen molar-refractivity contribution in [1.29, 1.82) is 0 Å². The number of nitrogens with zero attached hydrogens (tertiary/aromatic N) is 1. The molecule has 1 heterocycles. The predicted molar refractivity (Wildman–Crippen MR) is 194 cm³/mol. The van der Waals surface area contributed by atoms with Gasteiger partial charge in [-0.1, -0.05) is 121 Å². The molecule has 7 aromatic carbocycles. The highest BCUT2D eigenvalue weighted by atomic mass is 16.3. The van der Waals surface area contributed by atoms with Crippen molar-refractivity contribution in [1.82, 2.24) is 0 Å². The number of fused-ring (bicyclic) bond motifs is 9. The van der Waals surface area contributed by atoms with Gasteiger partial charge in [0.2, 0.25) is 0 Å². The quantitative estimate of drug-likeness (QED) is 0.200. The van der Waals surface area contributed by atoms with Gasteiger partial charge in [-0.05, 0) is 99.8 Å². The number of rotatable bonds is 4. The average Bonchev–Trinajstić information content (AvgIpc) is 3.80. The Balaban J connectivity index is 1.20. The molecule has 2 heteroatoms. The molecule has 0 bridgehead atoms. The minimum atomic E-state index is -0.0805. The van der Waals surface area contributed by atoms with E-state index in [1.165, 1.54) is 44.5 Å². The third-order valence-electron chi connectivity index (χ3n) is 10.5. The van der Waals surface area contributed by atoms with Crippen molar-refractivity contribution in [2.45, 2.75) is 18.3 Å². The van der Waals surface area contributed by atoms with E-state index in [0.717, 1.165) is 51.8 Å². The minimum Gasteiger partial charge on any atom is -0.456 e. The second-order valence-electron chi connectivity index (χ2n) is 13.0. The van der Waals surface area contributed by atoms with E-state index in [4.69, 9.17) is 4.42 Å². The van der Waals surface area contributed by atoms with Gasteiger partial charge in [0.15, 0.2) is 0 Å². The molecular formula is C45H31NO. The SMILES string of the molecule is c1ccc(-c2ccc(N(c3ccc4c(c3)C3(Cc5ccccc5C3)c3ccccc3-4)c3cccc4oc5ccccc5c34)cc2)cc1. The van der Waals surface area contributed by atoms with Crippen LogP contribution in [0.5, 0.6) is 0 Å². The summed E-state index contributed by atoms with van der Waals surface area (Å²) in [6, 6.07) is 59.6. The fourth-order valence-corrected chi connectivity index (χ4v) is 8.38. The zero-order valence-electron chi connectivity index (χ0n) is 25.9. The Kier molecular flexibility index (Phi) is 5.65. The molecule has 8 aromatic rings. The summed E-state index contributed by atoms with van der Waals surface area (Å²) >= 11 is 0. The number of para-hydroxylation sites is 1. The summed E-state index contributed by atoms with van der Waals surface area (Å²) in [7, 11) is 0. The number of hydrogen-bond acceptors (Lipinski definition) is 2. The smallest absolute Gasteiger partial charge is 0.137 e. The first-order valence-corrected chi connectivity index (χ1v) is 16.4. The van der Waals surface area contributed by atoms with Gasteiger partial charge in [0, 0.05) is 22.2 Å². The Hall–Kier alpha value is -5.86. The maximum absolute atomic E-state index is 6.39. The van der Waals surface area contributed by atoms with Gasteiger partial charge in [-0.15, -0.1) is 0 Å². The monoisotopic (exact) mass is 601 g/mol. The summed E-state index contributed by atoms with van der Waals surface area (Å²) in [5, 5.41) is 2.25. The minimum absolute atomic E-state index is 0.0805. The van der Waals surface area contributed by atoms with Crippen LogP contribution in [0.1, 0.15) is 22.3 Å². The Morgan fingerprint density at radius 1 is 0.468 bits per heavy atom. The molecule has 10 rings (SSSR count). The third kappa shape index (κ3) is 3.91. The van der Waals surface area contributed by atoms with Gasteiger partial charge in [0.1, 0.15) is 11.2 Å². The predicted octanol–water partition coefficient (Wildman–Crippen LogP) is 11.8. The van der Waals surface area contributed by atoms with Crippen LogP contribution >= 0.6 is 0 Å². The first-order valence-electron chi connectivity index (χ1n) is 16.4. The molecule has 222 valence electrons. The first-order chi connectivity index (χ1) is 23.3. The number of furan rings is 1. The molecule has 47 heavy (non-hydrogen) atoms. The fourth-order valence-electron chi connectivity index (χ4n) is 8.38. The van der Waals surface area contributed by atoms with Crippen molar-refractivity contribution in [3.05, 3.63) is 186 Å². The van der Waals surface area contributed by atoms with Gasteiger partial charge >= 0.3 is 0 Å². The molecule has 0 saturated carbocycles. The van der Waals surface area contributed by atoms with Crippen LogP contribution in [0.25, 0.3) is 44.2 Å². The van der Waals surface area contributed by atoms with Crippen molar-refractivity contribution < 1.29 is 4.42 Å². The van der Waals surface area contributed by atoms with E-state index in [9.17, 15) is 0 Å². The van der Waals surface area contributed by atoms with E-state index in [-0.39, 0.29) is 5.41 Å². The van der Waals surface area contributed by atoms with Gasteiger partial charge in [-0.2, -0.15) is 0 Å². The van der Waals surface area contributed by atoms with Crippen LogP contribution in [0, 0.1) is 0 Å².